The molecule has 44 heavy (non-hydrogen) atoms. The molecule has 0 aliphatic carbocycles. The Morgan fingerprint density at radius 3 is 1.34 bits per heavy atom. The van der Waals surface area contributed by atoms with Gasteiger partial charge in [-0.3, -0.25) is 0 Å². The molecule has 213 valence electrons. The second-order valence-corrected chi connectivity index (χ2v) is 10.3. The van der Waals surface area contributed by atoms with Gasteiger partial charge < -0.3 is 15.1 Å². The van der Waals surface area contributed by atoms with Crippen LogP contribution in [0.15, 0.2) is 91.0 Å². The number of carboxylic acid groups (broad SMARTS) is 1. The van der Waals surface area contributed by atoms with Crippen LogP contribution < -0.4 is 0 Å². The first-order valence-corrected chi connectivity index (χ1v) is 13.6. The van der Waals surface area contributed by atoms with Crippen molar-refractivity contribution in [1.82, 2.24) is 39.9 Å². The minimum Gasteiger partial charge on any atom is -0.478 e. The number of hydrogen-bond donors (Lipinski definition) is 3. The minimum absolute atomic E-state index is 0. The molecule has 0 saturated carbocycles. The molecule has 8 bridgehead atoms. The second kappa shape index (κ2) is 9.63. The van der Waals surface area contributed by atoms with Crippen molar-refractivity contribution in [3.8, 4) is 45.6 Å². The summed E-state index contributed by atoms with van der Waals surface area (Å²) in [5.74, 6) is 0.791. The van der Waals surface area contributed by atoms with Gasteiger partial charge in [-0.15, -0.1) is 0 Å². The van der Waals surface area contributed by atoms with E-state index in [1.54, 1.807) is 12.1 Å². The number of nitrogens with one attached hydrogen (secondary N) is 2. The van der Waals surface area contributed by atoms with Crippen LogP contribution in [-0.2, 0) is 17.1 Å². The number of nitrogens with zero attached hydrogens (tertiary/aromatic N) is 6. The third kappa shape index (κ3) is 3.77. The Morgan fingerprint density at radius 1 is 0.477 bits per heavy atom. The van der Waals surface area contributed by atoms with Gasteiger partial charge in [-0.25, -0.2) is 34.7 Å². The van der Waals surface area contributed by atoms with Gasteiger partial charge in [0.2, 0.25) is 0 Å². The van der Waals surface area contributed by atoms with Crippen molar-refractivity contribution in [3.05, 3.63) is 96.6 Å². The molecule has 10 nitrogen and oxygen atoms in total. The number of aromatic amines is 2. The van der Waals surface area contributed by atoms with Crippen LogP contribution in [0.25, 0.3) is 89.7 Å². The molecular weight excluding hydrogens is 604 g/mol. The average Bonchev–Trinajstić information content (AvgIpc) is 3.76. The number of carbonyl (C=O) groups is 1. The minimum atomic E-state index is -1.07. The van der Waals surface area contributed by atoms with Crippen LogP contribution >= 0.6 is 0 Å². The molecule has 11 heteroatoms. The van der Waals surface area contributed by atoms with E-state index in [1.807, 2.05) is 78.9 Å². The van der Waals surface area contributed by atoms with Crippen molar-refractivity contribution in [2.75, 3.05) is 0 Å². The van der Waals surface area contributed by atoms with Gasteiger partial charge >= 0.3 is 5.97 Å². The molecular formula is C33H18CuN8O2. The fraction of sp³-hybridized carbons (Fsp3) is 0. The Balaban J connectivity index is 0.00000289. The predicted molar refractivity (Wildman–Crippen MR) is 163 cm³/mol. The molecule has 9 rings (SSSR count). The van der Waals surface area contributed by atoms with Crippen molar-refractivity contribution >= 4 is 50.1 Å². The number of hydrogen-bond acceptors (Lipinski definition) is 7. The molecule has 0 unspecified atom stereocenters. The molecule has 2 aliphatic heterocycles. The van der Waals surface area contributed by atoms with Crippen LogP contribution in [-0.4, -0.2) is 50.9 Å². The van der Waals surface area contributed by atoms with E-state index in [2.05, 4.69) is 9.97 Å². The molecule has 0 amide bonds. The molecule has 0 atom stereocenters. The maximum atomic E-state index is 12.3. The van der Waals surface area contributed by atoms with Crippen LogP contribution in [0, 0.1) is 0 Å². The number of benzene rings is 4. The Labute approximate surface area is 258 Å². The molecule has 4 aromatic carbocycles. The van der Waals surface area contributed by atoms with Crippen molar-refractivity contribution in [2.24, 2.45) is 0 Å². The summed E-state index contributed by atoms with van der Waals surface area (Å²) in [6, 6.07) is 28.5. The largest absolute Gasteiger partial charge is 0.478 e. The van der Waals surface area contributed by atoms with Gasteiger partial charge in [0.25, 0.3) is 0 Å². The zero-order chi connectivity index (χ0) is 28.7. The summed E-state index contributed by atoms with van der Waals surface area (Å²) in [5.41, 5.74) is 5.36. The molecule has 1 radical (unpaired) electrons. The van der Waals surface area contributed by atoms with E-state index in [1.165, 1.54) is 0 Å². The monoisotopic (exact) mass is 621 g/mol. The van der Waals surface area contributed by atoms with Crippen molar-refractivity contribution in [3.63, 3.8) is 0 Å². The van der Waals surface area contributed by atoms with E-state index in [9.17, 15) is 9.90 Å². The maximum absolute atomic E-state index is 12.3. The first kappa shape index (κ1) is 25.9. The summed E-state index contributed by atoms with van der Waals surface area (Å²) in [6.45, 7) is 0. The van der Waals surface area contributed by atoms with E-state index < -0.39 is 5.97 Å². The van der Waals surface area contributed by atoms with Gasteiger partial charge in [0.15, 0.2) is 23.3 Å². The number of aromatic carboxylic acids is 1. The zero-order valence-electron chi connectivity index (χ0n) is 22.5. The third-order valence-corrected chi connectivity index (χ3v) is 7.81. The number of carboxylic acids is 1. The van der Waals surface area contributed by atoms with Gasteiger partial charge in [-0.2, -0.15) is 0 Å². The quantitative estimate of drug-likeness (QED) is 0.175. The molecule has 0 spiro atoms. The Bertz CT molecular complexity index is 2510. The van der Waals surface area contributed by atoms with Crippen molar-refractivity contribution < 1.29 is 27.0 Å². The number of fused-ring (bicyclic) bond motifs is 20. The smallest absolute Gasteiger partial charge is 0.336 e. The first-order chi connectivity index (χ1) is 21.1. The van der Waals surface area contributed by atoms with Crippen LogP contribution in [0.2, 0.25) is 0 Å². The fourth-order valence-corrected chi connectivity index (χ4v) is 5.87. The number of aromatic nitrogens is 8. The summed E-state index contributed by atoms with van der Waals surface area (Å²) in [4.78, 5) is 48.5. The van der Waals surface area contributed by atoms with Crippen LogP contribution in [0.5, 0.6) is 0 Å². The summed E-state index contributed by atoms with van der Waals surface area (Å²) in [5, 5.41) is 12.9. The zero-order valence-corrected chi connectivity index (χ0v) is 23.4. The normalized spacial score (nSPS) is 11.6. The van der Waals surface area contributed by atoms with Crippen molar-refractivity contribution in [2.45, 2.75) is 0 Å². The van der Waals surface area contributed by atoms with Crippen molar-refractivity contribution in [1.29, 1.82) is 0 Å². The van der Waals surface area contributed by atoms with E-state index in [4.69, 9.17) is 29.9 Å². The Morgan fingerprint density at radius 2 is 0.864 bits per heavy atom. The number of rotatable bonds is 1. The van der Waals surface area contributed by atoms with Crippen LogP contribution in [0.4, 0.5) is 0 Å². The Hall–Kier alpha value is -5.77. The molecule has 0 fully saturated rings. The average molecular weight is 622 g/mol. The molecule has 7 aromatic rings. The van der Waals surface area contributed by atoms with E-state index in [0.717, 1.165) is 33.0 Å². The Kier molecular flexibility index (Phi) is 5.67. The maximum Gasteiger partial charge on any atom is 0.336 e. The van der Waals surface area contributed by atoms with Gasteiger partial charge in [-0.05, 0) is 6.07 Å². The summed E-state index contributed by atoms with van der Waals surface area (Å²) < 4.78 is 0. The van der Waals surface area contributed by atoms with Gasteiger partial charge in [0, 0.05) is 60.9 Å². The van der Waals surface area contributed by atoms with Crippen LogP contribution in [0.3, 0.4) is 0 Å². The molecule has 3 aromatic heterocycles. The van der Waals surface area contributed by atoms with E-state index in [-0.39, 0.29) is 22.6 Å². The predicted octanol–water partition coefficient (Wildman–Crippen LogP) is 6.56. The fourth-order valence-electron chi connectivity index (χ4n) is 5.87. The van der Waals surface area contributed by atoms with E-state index in [0.29, 0.717) is 56.7 Å². The third-order valence-electron chi connectivity index (χ3n) is 7.81. The molecule has 2 aliphatic rings. The summed E-state index contributed by atoms with van der Waals surface area (Å²) >= 11 is 0. The van der Waals surface area contributed by atoms with Gasteiger partial charge in [0.05, 0.1) is 5.56 Å². The SMILES string of the molecule is O=C(O)c1cccc2c3nc4nc(nc5[nH]c(nc6nc(nc([nH]3)c12)-c1ccccc1-6)c1ccccc51)-c1ccccc1-4.[Cu]. The topological polar surface area (TPSA) is 146 Å². The van der Waals surface area contributed by atoms with Gasteiger partial charge in [-0.1, -0.05) is 84.9 Å². The number of H-pyrrole nitrogens is 2. The summed E-state index contributed by atoms with van der Waals surface area (Å²) in [6.07, 6.45) is 0. The summed E-state index contributed by atoms with van der Waals surface area (Å²) in [7, 11) is 0. The molecule has 3 N–H and O–H groups in total. The second-order valence-electron chi connectivity index (χ2n) is 10.3. The standard InChI is InChI=1S/C33H18N8O2.Cu/c42-33(43)23-15-7-14-22-24(23)32-40-30-21-13-6-5-12-20(21)28(38-30)36-26-17-9-2-1-8-16(17)25(34-26)35-27-18-10-3-4-11-19(18)29(37-27)39-31(22)41-32;/h1-15H,(H,42,43)(H2,34,35,36,37,38,39,40,41);. The van der Waals surface area contributed by atoms with Gasteiger partial charge in [0.1, 0.15) is 22.6 Å². The molecule has 5 heterocycles. The molecule has 0 saturated heterocycles. The van der Waals surface area contributed by atoms with Crippen LogP contribution in [0.1, 0.15) is 10.4 Å². The first-order valence-electron chi connectivity index (χ1n) is 13.6. The van der Waals surface area contributed by atoms with E-state index >= 15 is 0 Å².